The maximum absolute atomic E-state index is 12.4. The van der Waals surface area contributed by atoms with Crippen LogP contribution in [0.4, 0.5) is 10.5 Å². The number of carboxylic acids is 1. The van der Waals surface area contributed by atoms with E-state index in [1.165, 1.54) is 23.8 Å². The number of piperazine rings is 1. The lowest BCUT2D eigenvalue weighted by Crippen LogP contribution is -2.49. The minimum Gasteiger partial charge on any atom is -0.478 e. The van der Waals surface area contributed by atoms with E-state index in [2.05, 4.69) is 22.3 Å². The number of anilines is 1. The number of amides is 2. The lowest BCUT2D eigenvalue weighted by molar-refractivity contribution is 0.0697. The molecule has 1 aliphatic heterocycles. The van der Waals surface area contributed by atoms with E-state index in [-0.39, 0.29) is 16.6 Å². The number of hydrogen-bond acceptors (Lipinski definition) is 3. The summed E-state index contributed by atoms with van der Waals surface area (Å²) >= 11 is 6.07. The van der Waals surface area contributed by atoms with E-state index in [9.17, 15) is 9.59 Å². The highest BCUT2D eigenvalue weighted by Gasteiger charge is 2.21. The Hall–Kier alpha value is -2.57. The maximum Gasteiger partial charge on any atom is 0.335 e. The molecule has 1 heterocycles. The molecule has 0 aromatic heterocycles. The van der Waals surface area contributed by atoms with Crippen LogP contribution in [0.3, 0.4) is 0 Å². The van der Waals surface area contributed by atoms with E-state index in [0.29, 0.717) is 18.8 Å². The predicted molar refractivity (Wildman–Crippen MR) is 101 cm³/mol. The molecular weight excluding hydrogens is 354 g/mol. The summed E-state index contributed by atoms with van der Waals surface area (Å²) < 4.78 is 0. The van der Waals surface area contributed by atoms with Gasteiger partial charge in [-0.05, 0) is 23.8 Å². The molecule has 1 saturated heterocycles. The van der Waals surface area contributed by atoms with Gasteiger partial charge in [0.1, 0.15) is 0 Å². The van der Waals surface area contributed by atoms with Gasteiger partial charge in [0.2, 0.25) is 0 Å². The Labute approximate surface area is 157 Å². The van der Waals surface area contributed by atoms with E-state index in [1.54, 1.807) is 4.90 Å². The minimum atomic E-state index is -1.06. The first-order valence-electron chi connectivity index (χ1n) is 8.38. The van der Waals surface area contributed by atoms with Crippen molar-refractivity contribution < 1.29 is 14.7 Å². The summed E-state index contributed by atoms with van der Waals surface area (Å²) in [5, 5.41) is 11.9. The zero-order chi connectivity index (χ0) is 18.5. The van der Waals surface area contributed by atoms with Crippen molar-refractivity contribution in [3.05, 3.63) is 64.7 Å². The van der Waals surface area contributed by atoms with E-state index < -0.39 is 5.97 Å². The van der Waals surface area contributed by atoms with Crippen molar-refractivity contribution in [1.82, 2.24) is 9.80 Å². The van der Waals surface area contributed by atoms with Crippen molar-refractivity contribution in [2.45, 2.75) is 6.54 Å². The number of nitrogens with one attached hydrogen (secondary N) is 1. The standard InChI is InChI=1S/C19H20ClN3O3/c20-16-12-15(18(24)25)6-7-17(16)21-19(26)23-10-8-22(9-11-23)13-14-4-2-1-3-5-14/h1-7,12H,8-11,13H2,(H,21,26)(H,24,25). The van der Waals surface area contributed by atoms with Gasteiger partial charge < -0.3 is 15.3 Å². The van der Waals surface area contributed by atoms with Crippen molar-refractivity contribution >= 4 is 29.3 Å². The van der Waals surface area contributed by atoms with Crippen molar-refractivity contribution in [1.29, 1.82) is 0 Å². The number of nitrogens with zero attached hydrogens (tertiary/aromatic N) is 2. The normalized spacial score (nSPS) is 14.9. The molecule has 2 aromatic rings. The number of urea groups is 1. The van der Waals surface area contributed by atoms with Gasteiger partial charge in [-0.15, -0.1) is 0 Å². The molecule has 6 nitrogen and oxygen atoms in total. The Balaban J connectivity index is 1.53. The third-order valence-electron chi connectivity index (χ3n) is 4.37. The number of carbonyl (C=O) groups excluding carboxylic acids is 1. The molecule has 2 N–H and O–H groups in total. The summed E-state index contributed by atoms with van der Waals surface area (Å²) in [6.07, 6.45) is 0. The second-order valence-corrected chi connectivity index (χ2v) is 6.59. The molecule has 0 unspecified atom stereocenters. The van der Waals surface area contributed by atoms with Gasteiger partial charge in [0.15, 0.2) is 0 Å². The van der Waals surface area contributed by atoms with Gasteiger partial charge in [-0.2, -0.15) is 0 Å². The molecule has 136 valence electrons. The van der Waals surface area contributed by atoms with Gasteiger partial charge >= 0.3 is 12.0 Å². The molecule has 0 aliphatic carbocycles. The molecule has 2 amide bonds. The molecule has 1 fully saturated rings. The van der Waals surface area contributed by atoms with E-state index in [1.807, 2.05) is 18.2 Å². The molecule has 0 spiro atoms. The van der Waals surface area contributed by atoms with Crippen molar-refractivity contribution in [3.63, 3.8) is 0 Å². The van der Waals surface area contributed by atoms with Crippen LogP contribution in [-0.2, 0) is 6.54 Å². The molecule has 1 aliphatic rings. The third kappa shape index (κ3) is 4.53. The fourth-order valence-corrected chi connectivity index (χ4v) is 3.12. The second kappa shape index (κ2) is 8.21. The van der Waals surface area contributed by atoms with Crippen LogP contribution in [0.1, 0.15) is 15.9 Å². The van der Waals surface area contributed by atoms with Crippen molar-refractivity contribution in [2.75, 3.05) is 31.5 Å². The Morgan fingerprint density at radius 3 is 2.35 bits per heavy atom. The largest absolute Gasteiger partial charge is 0.478 e. The third-order valence-corrected chi connectivity index (χ3v) is 4.68. The van der Waals surface area contributed by atoms with Gasteiger partial charge in [0.25, 0.3) is 0 Å². The Bertz CT molecular complexity index is 790. The lowest BCUT2D eigenvalue weighted by Gasteiger charge is -2.34. The molecule has 26 heavy (non-hydrogen) atoms. The van der Waals surface area contributed by atoms with Crippen LogP contribution in [0, 0.1) is 0 Å². The molecule has 7 heteroatoms. The molecule has 0 atom stereocenters. The van der Waals surface area contributed by atoms with Crippen LogP contribution in [0.25, 0.3) is 0 Å². The lowest BCUT2D eigenvalue weighted by atomic mass is 10.2. The number of halogens is 1. The summed E-state index contributed by atoms with van der Waals surface area (Å²) in [6.45, 7) is 3.73. The van der Waals surface area contributed by atoms with Gasteiger partial charge in [0.05, 0.1) is 16.3 Å². The molecular formula is C19H20ClN3O3. The average Bonchev–Trinajstić information content (AvgIpc) is 2.64. The first-order chi connectivity index (χ1) is 12.5. The molecule has 0 bridgehead atoms. The number of aromatic carboxylic acids is 1. The Morgan fingerprint density at radius 2 is 1.73 bits per heavy atom. The number of benzene rings is 2. The van der Waals surface area contributed by atoms with Gasteiger partial charge in [-0.25, -0.2) is 9.59 Å². The van der Waals surface area contributed by atoms with Crippen LogP contribution < -0.4 is 5.32 Å². The van der Waals surface area contributed by atoms with Gasteiger partial charge in [-0.1, -0.05) is 41.9 Å². The molecule has 0 saturated carbocycles. The zero-order valence-electron chi connectivity index (χ0n) is 14.2. The smallest absolute Gasteiger partial charge is 0.335 e. The van der Waals surface area contributed by atoms with Crippen LogP contribution in [0.2, 0.25) is 5.02 Å². The SMILES string of the molecule is O=C(O)c1ccc(NC(=O)N2CCN(Cc3ccccc3)CC2)c(Cl)c1. The number of rotatable bonds is 4. The summed E-state index contributed by atoms with van der Waals surface area (Å²) in [5.41, 5.74) is 1.76. The summed E-state index contributed by atoms with van der Waals surface area (Å²) in [4.78, 5) is 27.4. The topological polar surface area (TPSA) is 72.9 Å². The monoisotopic (exact) mass is 373 g/mol. The molecule has 2 aromatic carbocycles. The van der Waals surface area contributed by atoms with Crippen LogP contribution in [-0.4, -0.2) is 53.1 Å². The quantitative estimate of drug-likeness (QED) is 0.861. The Kier molecular flexibility index (Phi) is 5.75. The zero-order valence-corrected chi connectivity index (χ0v) is 14.9. The fourth-order valence-electron chi connectivity index (χ4n) is 2.89. The van der Waals surface area contributed by atoms with Crippen LogP contribution >= 0.6 is 11.6 Å². The average molecular weight is 374 g/mol. The summed E-state index contributed by atoms with van der Waals surface area (Å²) in [6, 6.07) is 14.3. The van der Waals surface area contributed by atoms with E-state index in [4.69, 9.17) is 16.7 Å². The van der Waals surface area contributed by atoms with Crippen LogP contribution in [0.5, 0.6) is 0 Å². The summed E-state index contributed by atoms with van der Waals surface area (Å²) in [5.74, 6) is -1.06. The number of carbonyl (C=O) groups is 2. The fraction of sp³-hybridized carbons (Fsp3) is 0.263. The first-order valence-corrected chi connectivity index (χ1v) is 8.76. The maximum atomic E-state index is 12.4. The number of carboxylic acid groups (broad SMARTS) is 1. The summed E-state index contributed by atoms with van der Waals surface area (Å²) in [7, 11) is 0. The molecule has 3 rings (SSSR count). The van der Waals surface area contributed by atoms with Crippen LogP contribution in [0.15, 0.2) is 48.5 Å². The van der Waals surface area contributed by atoms with Gasteiger partial charge in [0, 0.05) is 32.7 Å². The first kappa shape index (κ1) is 18.2. The second-order valence-electron chi connectivity index (χ2n) is 6.18. The highest BCUT2D eigenvalue weighted by molar-refractivity contribution is 6.34. The highest BCUT2D eigenvalue weighted by atomic mass is 35.5. The predicted octanol–water partition coefficient (Wildman–Crippen LogP) is 3.39. The van der Waals surface area contributed by atoms with E-state index in [0.717, 1.165) is 19.6 Å². The van der Waals surface area contributed by atoms with E-state index >= 15 is 0 Å². The number of hydrogen-bond donors (Lipinski definition) is 2. The van der Waals surface area contributed by atoms with Crippen molar-refractivity contribution in [3.8, 4) is 0 Å². The highest BCUT2D eigenvalue weighted by Crippen LogP contribution is 2.23. The molecule has 0 radical (unpaired) electrons. The Morgan fingerprint density at radius 1 is 1.04 bits per heavy atom. The van der Waals surface area contributed by atoms with Crippen molar-refractivity contribution in [2.24, 2.45) is 0 Å². The van der Waals surface area contributed by atoms with Gasteiger partial charge in [-0.3, -0.25) is 4.90 Å². The minimum absolute atomic E-state index is 0.0857.